The third-order valence-electron chi connectivity index (χ3n) is 2.96. The molecule has 3 unspecified atom stereocenters. The van der Waals surface area contributed by atoms with Crippen LogP contribution < -0.4 is 14.8 Å². The summed E-state index contributed by atoms with van der Waals surface area (Å²) in [5.74, 6) is 1.27. The fourth-order valence-corrected chi connectivity index (χ4v) is 1.81. The molecule has 0 aliphatic heterocycles. The van der Waals surface area contributed by atoms with E-state index >= 15 is 0 Å². The minimum Gasteiger partial charge on any atom is -0.497 e. The zero-order chi connectivity index (χ0) is 14.4. The first-order chi connectivity index (χ1) is 8.99. The summed E-state index contributed by atoms with van der Waals surface area (Å²) in [6, 6.07) is 5.08. The van der Waals surface area contributed by atoms with Crippen molar-refractivity contribution in [2.24, 2.45) is 0 Å². The summed E-state index contributed by atoms with van der Waals surface area (Å²) < 4.78 is 10.4. The quantitative estimate of drug-likeness (QED) is 0.691. The van der Waals surface area contributed by atoms with E-state index in [2.05, 4.69) is 5.32 Å². The highest BCUT2D eigenvalue weighted by molar-refractivity contribution is 5.42. The van der Waals surface area contributed by atoms with Crippen molar-refractivity contribution >= 4 is 0 Å². The molecule has 0 spiro atoms. The van der Waals surface area contributed by atoms with Crippen LogP contribution >= 0.6 is 0 Å². The number of ether oxygens (including phenoxy) is 2. The van der Waals surface area contributed by atoms with Crippen LogP contribution in [-0.4, -0.2) is 43.1 Å². The molecule has 0 amide bonds. The molecule has 0 fully saturated rings. The fraction of sp³-hybridized carbons (Fsp3) is 0.571. The number of hydrogen-bond acceptors (Lipinski definition) is 5. The van der Waals surface area contributed by atoms with Crippen molar-refractivity contribution in [1.82, 2.24) is 5.32 Å². The highest BCUT2D eigenvalue weighted by Crippen LogP contribution is 2.30. The lowest BCUT2D eigenvalue weighted by molar-refractivity contribution is 0.118. The molecule has 0 aliphatic carbocycles. The highest BCUT2D eigenvalue weighted by atomic mass is 16.5. The molecule has 0 saturated carbocycles. The van der Waals surface area contributed by atoms with Crippen molar-refractivity contribution in [3.05, 3.63) is 23.8 Å². The molecule has 1 aromatic carbocycles. The summed E-state index contributed by atoms with van der Waals surface area (Å²) in [5.41, 5.74) is 0.660. The summed E-state index contributed by atoms with van der Waals surface area (Å²) >= 11 is 0. The van der Waals surface area contributed by atoms with Gasteiger partial charge in [-0.2, -0.15) is 0 Å². The number of rotatable bonds is 7. The first-order valence-electron chi connectivity index (χ1n) is 6.31. The number of hydrogen-bond donors (Lipinski definition) is 3. The summed E-state index contributed by atoms with van der Waals surface area (Å²) in [5, 5.41) is 22.7. The van der Waals surface area contributed by atoms with Crippen molar-refractivity contribution in [3.8, 4) is 11.5 Å². The molecule has 5 heteroatoms. The molecule has 1 aromatic rings. The van der Waals surface area contributed by atoms with Gasteiger partial charge < -0.3 is 25.0 Å². The van der Waals surface area contributed by atoms with E-state index in [1.54, 1.807) is 39.3 Å². The zero-order valence-corrected chi connectivity index (χ0v) is 11.9. The predicted octanol–water partition coefficient (Wildman–Crippen LogP) is 1.10. The molecular formula is C14H23NO4. The first-order valence-corrected chi connectivity index (χ1v) is 6.31. The van der Waals surface area contributed by atoms with Crippen LogP contribution in [0.4, 0.5) is 0 Å². The van der Waals surface area contributed by atoms with Crippen LogP contribution in [0.3, 0.4) is 0 Å². The molecule has 0 aromatic heterocycles. The Morgan fingerprint density at radius 1 is 1.16 bits per heavy atom. The standard InChI is InChI=1S/C14H23NO4/c1-9(16)8-15-10(2)14(17)12-7-11(18-3)5-6-13(12)19-4/h5-7,9-10,14-17H,8H2,1-4H3. The van der Waals surface area contributed by atoms with E-state index in [9.17, 15) is 10.2 Å². The third kappa shape index (κ3) is 4.38. The zero-order valence-electron chi connectivity index (χ0n) is 11.9. The molecule has 5 nitrogen and oxygen atoms in total. The van der Waals surface area contributed by atoms with Gasteiger partial charge in [0.05, 0.1) is 26.4 Å². The molecule has 0 aliphatic rings. The first kappa shape index (κ1) is 15.8. The van der Waals surface area contributed by atoms with E-state index in [0.717, 1.165) is 0 Å². The van der Waals surface area contributed by atoms with Crippen molar-refractivity contribution < 1.29 is 19.7 Å². The van der Waals surface area contributed by atoms with Gasteiger partial charge in [0.1, 0.15) is 11.5 Å². The maximum atomic E-state index is 10.4. The van der Waals surface area contributed by atoms with E-state index in [-0.39, 0.29) is 6.04 Å². The normalized spacial score (nSPS) is 15.7. The number of aliphatic hydroxyl groups excluding tert-OH is 2. The van der Waals surface area contributed by atoms with Gasteiger partial charge in [0.2, 0.25) is 0 Å². The molecule has 3 atom stereocenters. The highest BCUT2D eigenvalue weighted by Gasteiger charge is 2.20. The lowest BCUT2D eigenvalue weighted by atomic mass is 10.0. The lowest BCUT2D eigenvalue weighted by Gasteiger charge is -2.23. The molecular weight excluding hydrogens is 246 g/mol. The predicted molar refractivity (Wildman–Crippen MR) is 73.7 cm³/mol. The summed E-state index contributed by atoms with van der Waals surface area (Å²) in [4.78, 5) is 0. The summed E-state index contributed by atoms with van der Waals surface area (Å²) in [6.45, 7) is 3.97. The maximum absolute atomic E-state index is 10.4. The Bertz CT molecular complexity index is 395. The van der Waals surface area contributed by atoms with E-state index < -0.39 is 12.2 Å². The van der Waals surface area contributed by atoms with Gasteiger partial charge in [0.15, 0.2) is 0 Å². The van der Waals surface area contributed by atoms with Gasteiger partial charge in [-0.05, 0) is 32.0 Å². The van der Waals surface area contributed by atoms with Crippen LogP contribution in [0.1, 0.15) is 25.5 Å². The Morgan fingerprint density at radius 2 is 1.84 bits per heavy atom. The van der Waals surface area contributed by atoms with Gasteiger partial charge in [-0.25, -0.2) is 0 Å². The van der Waals surface area contributed by atoms with Crippen molar-refractivity contribution in [3.63, 3.8) is 0 Å². The Labute approximate surface area is 114 Å². The Kier molecular flexibility index (Phi) is 6.08. The molecule has 0 saturated heterocycles. The number of nitrogens with one attached hydrogen (secondary N) is 1. The van der Waals surface area contributed by atoms with Crippen LogP contribution in [-0.2, 0) is 0 Å². The second-order valence-electron chi connectivity index (χ2n) is 4.60. The molecule has 0 heterocycles. The van der Waals surface area contributed by atoms with Crippen LogP contribution in [0.5, 0.6) is 11.5 Å². The Morgan fingerprint density at radius 3 is 2.37 bits per heavy atom. The number of aliphatic hydroxyl groups is 2. The Hall–Kier alpha value is -1.30. The smallest absolute Gasteiger partial charge is 0.124 e. The van der Waals surface area contributed by atoms with Gasteiger partial charge in [-0.1, -0.05) is 0 Å². The third-order valence-corrected chi connectivity index (χ3v) is 2.96. The average Bonchev–Trinajstić information content (AvgIpc) is 2.42. The fourth-order valence-electron chi connectivity index (χ4n) is 1.81. The van der Waals surface area contributed by atoms with E-state index in [0.29, 0.717) is 23.6 Å². The summed E-state index contributed by atoms with van der Waals surface area (Å²) in [6.07, 6.45) is -1.20. The van der Waals surface area contributed by atoms with Crippen LogP contribution in [0.25, 0.3) is 0 Å². The molecule has 0 bridgehead atoms. The van der Waals surface area contributed by atoms with Gasteiger partial charge >= 0.3 is 0 Å². The molecule has 108 valence electrons. The minimum atomic E-state index is -0.746. The van der Waals surface area contributed by atoms with Crippen LogP contribution in [0, 0.1) is 0 Å². The lowest BCUT2D eigenvalue weighted by Crippen LogP contribution is -2.36. The van der Waals surface area contributed by atoms with Gasteiger partial charge in [0, 0.05) is 18.2 Å². The number of methoxy groups -OCH3 is 2. The molecule has 19 heavy (non-hydrogen) atoms. The van der Waals surface area contributed by atoms with Gasteiger partial charge in [-0.15, -0.1) is 0 Å². The summed E-state index contributed by atoms with van der Waals surface area (Å²) in [7, 11) is 3.14. The van der Waals surface area contributed by atoms with Crippen molar-refractivity contribution in [1.29, 1.82) is 0 Å². The largest absolute Gasteiger partial charge is 0.497 e. The Balaban J connectivity index is 2.87. The monoisotopic (exact) mass is 269 g/mol. The van der Waals surface area contributed by atoms with E-state index in [1.807, 2.05) is 6.92 Å². The second kappa shape index (κ2) is 7.33. The molecule has 0 radical (unpaired) electrons. The number of benzene rings is 1. The van der Waals surface area contributed by atoms with Crippen LogP contribution in [0.15, 0.2) is 18.2 Å². The maximum Gasteiger partial charge on any atom is 0.124 e. The van der Waals surface area contributed by atoms with E-state index in [4.69, 9.17) is 9.47 Å². The van der Waals surface area contributed by atoms with Gasteiger partial charge in [0.25, 0.3) is 0 Å². The average molecular weight is 269 g/mol. The second-order valence-corrected chi connectivity index (χ2v) is 4.60. The van der Waals surface area contributed by atoms with Crippen LogP contribution in [0.2, 0.25) is 0 Å². The topological polar surface area (TPSA) is 71.0 Å². The minimum absolute atomic E-state index is 0.212. The van der Waals surface area contributed by atoms with E-state index in [1.165, 1.54) is 0 Å². The van der Waals surface area contributed by atoms with Crippen molar-refractivity contribution in [2.75, 3.05) is 20.8 Å². The van der Waals surface area contributed by atoms with Gasteiger partial charge in [-0.3, -0.25) is 0 Å². The molecule has 3 N–H and O–H groups in total. The van der Waals surface area contributed by atoms with Crippen molar-refractivity contribution in [2.45, 2.75) is 32.1 Å². The molecule has 1 rings (SSSR count). The SMILES string of the molecule is COc1ccc(OC)c(C(O)C(C)NCC(C)O)c1.